The summed E-state index contributed by atoms with van der Waals surface area (Å²) < 4.78 is 33.6. The number of benzene rings is 1. The van der Waals surface area contributed by atoms with Crippen molar-refractivity contribution in [1.29, 1.82) is 0 Å². The molecular formula is C16H22N2O6S. The molecule has 0 bridgehead atoms. The number of anilines is 1. The summed E-state index contributed by atoms with van der Waals surface area (Å²) in [4.78, 5) is 25.5. The number of hydrogen-bond acceptors (Lipinski definition) is 6. The van der Waals surface area contributed by atoms with Crippen molar-refractivity contribution in [2.75, 3.05) is 37.6 Å². The van der Waals surface area contributed by atoms with Gasteiger partial charge in [-0.25, -0.2) is 8.42 Å². The number of hydrogen-bond donors (Lipinski definition) is 1. The maximum atomic E-state index is 12.4. The molecule has 1 fully saturated rings. The second-order valence-electron chi connectivity index (χ2n) is 5.82. The average molecular weight is 370 g/mol. The minimum Gasteiger partial charge on any atom is -0.497 e. The number of carbonyl (C=O) groups excluding carboxylic acids is 2. The zero-order valence-electron chi connectivity index (χ0n) is 14.4. The van der Waals surface area contributed by atoms with Crippen molar-refractivity contribution in [3.8, 4) is 11.5 Å². The first-order chi connectivity index (χ1) is 11.8. The van der Waals surface area contributed by atoms with E-state index >= 15 is 0 Å². The van der Waals surface area contributed by atoms with E-state index in [2.05, 4.69) is 5.32 Å². The molecule has 0 spiro atoms. The smallest absolute Gasteiger partial charge is 0.244 e. The highest BCUT2D eigenvalue weighted by Gasteiger charge is 2.34. The highest BCUT2D eigenvalue weighted by molar-refractivity contribution is 7.91. The molecule has 0 aromatic heterocycles. The molecule has 1 atom stereocenters. The average Bonchev–Trinajstić information content (AvgIpc) is 2.91. The van der Waals surface area contributed by atoms with Crippen LogP contribution in [0.1, 0.15) is 13.3 Å². The number of rotatable bonds is 6. The first-order valence-corrected chi connectivity index (χ1v) is 9.57. The summed E-state index contributed by atoms with van der Waals surface area (Å²) in [7, 11) is -0.170. The van der Waals surface area contributed by atoms with E-state index in [0.717, 1.165) is 0 Å². The van der Waals surface area contributed by atoms with Crippen molar-refractivity contribution in [1.82, 2.24) is 4.90 Å². The Morgan fingerprint density at radius 1 is 1.28 bits per heavy atom. The molecule has 1 unspecified atom stereocenters. The van der Waals surface area contributed by atoms with Crippen LogP contribution in [0.2, 0.25) is 0 Å². The normalized spacial score (nSPS) is 18.4. The minimum absolute atomic E-state index is 0.0345. The zero-order chi connectivity index (χ0) is 18.6. The van der Waals surface area contributed by atoms with E-state index in [0.29, 0.717) is 23.6 Å². The van der Waals surface area contributed by atoms with Gasteiger partial charge in [0.25, 0.3) is 0 Å². The fourth-order valence-corrected chi connectivity index (χ4v) is 4.51. The summed E-state index contributed by atoms with van der Waals surface area (Å²) in [6.45, 7) is 1.10. The quantitative estimate of drug-likeness (QED) is 0.790. The lowest BCUT2D eigenvalue weighted by Gasteiger charge is -2.26. The number of nitrogens with zero attached hydrogens (tertiary/aromatic N) is 1. The number of amides is 2. The monoisotopic (exact) mass is 370 g/mol. The number of nitrogens with one attached hydrogen (secondary N) is 1. The van der Waals surface area contributed by atoms with E-state index in [4.69, 9.17) is 9.47 Å². The molecule has 1 aliphatic rings. The second-order valence-corrected chi connectivity index (χ2v) is 8.05. The highest BCUT2D eigenvalue weighted by atomic mass is 32.2. The molecule has 1 N–H and O–H groups in total. The van der Waals surface area contributed by atoms with E-state index in [1.807, 2.05) is 0 Å². The van der Waals surface area contributed by atoms with Gasteiger partial charge in [0.15, 0.2) is 9.84 Å². The Labute approximate surface area is 147 Å². The second kappa shape index (κ2) is 7.73. The van der Waals surface area contributed by atoms with Crippen LogP contribution in [0.3, 0.4) is 0 Å². The molecule has 2 amide bonds. The van der Waals surface area contributed by atoms with Crippen molar-refractivity contribution in [2.45, 2.75) is 19.4 Å². The van der Waals surface area contributed by atoms with Gasteiger partial charge in [0.05, 0.1) is 31.4 Å². The summed E-state index contributed by atoms with van der Waals surface area (Å²) in [6, 6.07) is 4.48. The highest BCUT2D eigenvalue weighted by Crippen LogP contribution is 2.29. The van der Waals surface area contributed by atoms with Gasteiger partial charge in [-0.05, 0) is 18.6 Å². The van der Waals surface area contributed by atoms with Crippen molar-refractivity contribution in [2.24, 2.45) is 0 Å². The SMILES string of the molecule is COc1ccc(OC)c(NC(=O)CN(C(C)=O)C2CCS(=O)(=O)C2)c1. The van der Waals surface area contributed by atoms with E-state index < -0.39 is 21.8 Å². The molecule has 1 heterocycles. The predicted octanol–water partition coefficient (Wildman–Crippen LogP) is 0.678. The van der Waals surface area contributed by atoms with Crippen LogP contribution >= 0.6 is 0 Å². The number of ether oxygens (including phenoxy) is 2. The molecule has 1 saturated heterocycles. The Morgan fingerprint density at radius 3 is 2.52 bits per heavy atom. The summed E-state index contributed by atoms with van der Waals surface area (Å²) >= 11 is 0. The van der Waals surface area contributed by atoms with Crippen LogP contribution in [0.15, 0.2) is 18.2 Å². The van der Waals surface area contributed by atoms with Crippen LogP contribution in [0.5, 0.6) is 11.5 Å². The van der Waals surface area contributed by atoms with Crippen LogP contribution in [-0.4, -0.2) is 63.4 Å². The first kappa shape index (κ1) is 19.0. The van der Waals surface area contributed by atoms with E-state index in [1.54, 1.807) is 18.2 Å². The summed E-state index contributed by atoms with van der Waals surface area (Å²) in [6.07, 6.45) is 0.345. The zero-order valence-corrected chi connectivity index (χ0v) is 15.3. The van der Waals surface area contributed by atoms with E-state index in [1.165, 1.54) is 26.0 Å². The first-order valence-electron chi connectivity index (χ1n) is 7.75. The topological polar surface area (TPSA) is 102 Å². The molecular weight excluding hydrogens is 348 g/mol. The van der Waals surface area contributed by atoms with Crippen LogP contribution in [0.4, 0.5) is 5.69 Å². The van der Waals surface area contributed by atoms with Gasteiger partial charge < -0.3 is 19.7 Å². The maximum absolute atomic E-state index is 12.4. The molecule has 1 aliphatic heterocycles. The Balaban J connectivity index is 2.11. The molecule has 25 heavy (non-hydrogen) atoms. The van der Waals surface area contributed by atoms with Crippen LogP contribution in [-0.2, 0) is 19.4 Å². The molecule has 9 heteroatoms. The molecule has 0 saturated carbocycles. The van der Waals surface area contributed by atoms with Crippen molar-refractivity contribution >= 4 is 27.3 Å². The predicted molar refractivity (Wildman–Crippen MR) is 92.6 cm³/mol. The van der Waals surface area contributed by atoms with Crippen molar-refractivity contribution in [3.05, 3.63) is 18.2 Å². The summed E-state index contributed by atoms with van der Waals surface area (Å²) in [5.41, 5.74) is 0.411. The van der Waals surface area contributed by atoms with Crippen LogP contribution < -0.4 is 14.8 Å². The fourth-order valence-electron chi connectivity index (χ4n) is 2.77. The van der Waals surface area contributed by atoms with Crippen molar-refractivity contribution in [3.63, 3.8) is 0 Å². The van der Waals surface area contributed by atoms with Gasteiger partial charge in [-0.1, -0.05) is 0 Å². The van der Waals surface area contributed by atoms with Crippen LogP contribution in [0.25, 0.3) is 0 Å². The third kappa shape index (κ3) is 4.85. The third-order valence-electron chi connectivity index (χ3n) is 4.05. The molecule has 2 rings (SSSR count). The molecule has 138 valence electrons. The lowest BCUT2D eigenvalue weighted by molar-refractivity contribution is -0.134. The summed E-state index contributed by atoms with van der Waals surface area (Å²) in [5, 5.41) is 2.68. The molecule has 8 nitrogen and oxygen atoms in total. The Hall–Kier alpha value is -2.29. The van der Waals surface area contributed by atoms with Gasteiger partial charge in [0, 0.05) is 19.0 Å². The Kier molecular flexibility index (Phi) is 5.89. The largest absolute Gasteiger partial charge is 0.497 e. The van der Waals surface area contributed by atoms with E-state index in [9.17, 15) is 18.0 Å². The lowest BCUT2D eigenvalue weighted by atomic mass is 10.2. The molecule has 1 aromatic carbocycles. The Bertz CT molecular complexity index is 762. The fraction of sp³-hybridized carbons (Fsp3) is 0.500. The number of carbonyl (C=O) groups is 2. The minimum atomic E-state index is -3.15. The number of methoxy groups -OCH3 is 2. The van der Waals surface area contributed by atoms with E-state index in [-0.39, 0.29) is 24.0 Å². The molecule has 0 aliphatic carbocycles. The van der Waals surface area contributed by atoms with Gasteiger partial charge in [-0.3, -0.25) is 9.59 Å². The van der Waals surface area contributed by atoms with Gasteiger partial charge in [0.1, 0.15) is 18.0 Å². The van der Waals surface area contributed by atoms with Crippen molar-refractivity contribution < 1.29 is 27.5 Å². The van der Waals surface area contributed by atoms with Gasteiger partial charge in [-0.15, -0.1) is 0 Å². The lowest BCUT2D eigenvalue weighted by Crippen LogP contribution is -2.44. The maximum Gasteiger partial charge on any atom is 0.244 e. The molecule has 0 radical (unpaired) electrons. The molecule has 1 aromatic rings. The third-order valence-corrected chi connectivity index (χ3v) is 5.80. The Morgan fingerprint density at radius 2 is 2.00 bits per heavy atom. The van der Waals surface area contributed by atoms with Gasteiger partial charge >= 0.3 is 0 Å². The summed E-state index contributed by atoms with van der Waals surface area (Å²) in [5.74, 6) is 0.143. The number of sulfone groups is 1. The van der Waals surface area contributed by atoms with Crippen LogP contribution in [0, 0.1) is 0 Å². The standard InChI is InChI=1S/C16H22N2O6S/c1-11(19)18(12-6-7-25(21,22)10-12)9-16(20)17-14-8-13(23-2)4-5-15(14)24-3/h4-5,8,12H,6-7,9-10H2,1-3H3,(H,17,20). The van der Waals surface area contributed by atoms with Gasteiger partial charge in [0.2, 0.25) is 11.8 Å². The van der Waals surface area contributed by atoms with Gasteiger partial charge in [-0.2, -0.15) is 0 Å².